The van der Waals surface area contributed by atoms with E-state index in [9.17, 15) is 9.59 Å². The van der Waals surface area contributed by atoms with Crippen LogP contribution >= 0.6 is 0 Å². The van der Waals surface area contributed by atoms with Crippen LogP contribution in [-0.2, 0) is 16.0 Å². The Morgan fingerprint density at radius 2 is 1.80 bits per heavy atom. The fourth-order valence-corrected chi connectivity index (χ4v) is 2.44. The van der Waals surface area contributed by atoms with Gasteiger partial charge in [0.15, 0.2) is 6.10 Å². The number of methoxy groups -OCH3 is 1. The molecular weight excluding hydrogens is 318 g/mol. The van der Waals surface area contributed by atoms with Gasteiger partial charge in [0.05, 0.1) is 12.7 Å². The third-order valence-corrected chi connectivity index (χ3v) is 3.97. The molecule has 2 rings (SSSR count). The van der Waals surface area contributed by atoms with Gasteiger partial charge in [0.1, 0.15) is 5.75 Å². The summed E-state index contributed by atoms with van der Waals surface area (Å²) in [6.45, 7) is 5.51. The van der Waals surface area contributed by atoms with Crippen LogP contribution in [0.1, 0.15) is 35.3 Å². The predicted molar refractivity (Wildman–Crippen MR) is 97.1 cm³/mol. The molecule has 2 aromatic rings. The molecule has 5 heteroatoms. The van der Waals surface area contributed by atoms with Gasteiger partial charge in [0.25, 0.3) is 5.91 Å². The van der Waals surface area contributed by atoms with Crippen LogP contribution in [-0.4, -0.2) is 25.1 Å². The van der Waals surface area contributed by atoms with Crippen LogP contribution in [0.5, 0.6) is 5.75 Å². The molecule has 0 aliphatic rings. The van der Waals surface area contributed by atoms with E-state index >= 15 is 0 Å². The number of ether oxygens (including phenoxy) is 2. The number of aryl methyl sites for hydroxylation is 2. The highest BCUT2D eigenvalue weighted by Crippen LogP contribution is 2.21. The highest BCUT2D eigenvalue weighted by molar-refractivity contribution is 5.98. The average Bonchev–Trinajstić information content (AvgIpc) is 2.63. The summed E-state index contributed by atoms with van der Waals surface area (Å²) in [5.41, 5.74) is 3.16. The number of para-hydroxylation sites is 1. The molecular formula is C20H23NO4. The number of benzene rings is 2. The first kappa shape index (κ1) is 18.5. The predicted octanol–water partition coefficient (Wildman–Crippen LogP) is 3.75. The Balaban J connectivity index is 2.03. The third kappa shape index (κ3) is 4.59. The van der Waals surface area contributed by atoms with Crippen LogP contribution in [0.25, 0.3) is 0 Å². The van der Waals surface area contributed by atoms with E-state index in [0.29, 0.717) is 11.3 Å². The largest absolute Gasteiger partial charge is 0.497 e. The molecule has 0 saturated heterocycles. The Morgan fingerprint density at radius 3 is 2.40 bits per heavy atom. The lowest BCUT2D eigenvalue weighted by Gasteiger charge is -2.17. The van der Waals surface area contributed by atoms with Gasteiger partial charge in [-0.05, 0) is 55.7 Å². The zero-order chi connectivity index (χ0) is 18.4. The topological polar surface area (TPSA) is 64.6 Å². The van der Waals surface area contributed by atoms with Crippen molar-refractivity contribution in [3.8, 4) is 5.75 Å². The van der Waals surface area contributed by atoms with E-state index in [2.05, 4.69) is 5.32 Å². The molecule has 0 aliphatic carbocycles. The maximum Gasteiger partial charge on any atom is 0.338 e. The van der Waals surface area contributed by atoms with Crippen molar-refractivity contribution in [1.82, 2.24) is 0 Å². The first-order chi connectivity index (χ1) is 12.0. The number of hydrogen-bond acceptors (Lipinski definition) is 4. The van der Waals surface area contributed by atoms with Crippen molar-refractivity contribution in [3.05, 3.63) is 59.2 Å². The van der Waals surface area contributed by atoms with Gasteiger partial charge >= 0.3 is 5.97 Å². The molecule has 0 heterocycles. The Hall–Kier alpha value is -2.82. The number of carbonyl (C=O) groups excluding carboxylic acids is 2. The van der Waals surface area contributed by atoms with Crippen molar-refractivity contribution in [2.45, 2.75) is 33.3 Å². The van der Waals surface area contributed by atoms with E-state index in [4.69, 9.17) is 9.47 Å². The van der Waals surface area contributed by atoms with Gasteiger partial charge in [-0.3, -0.25) is 4.79 Å². The van der Waals surface area contributed by atoms with Gasteiger partial charge in [-0.15, -0.1) is 0 Å². The van der Waals surface area contributed by atoms with Crippen molar-refractivity contribution in [2.75, 3.05) is 12.4 Å². The Morgan fingerprint density at radius 1 is 1.12 bits per heavy atom. The number of hydrogen-bond donors (Lipinski definition) is 1. The number of rotatable bonds is 6. The van der Waals surface area contributed by atoms with Crippen molar-refractivity contribution >= 4 is 17.6 Å². The zero-order valence-electron chi connectivity index (χ0n) is 15.0. The molecule has 132 valence electrons. The summed E-state index contributed by atoms with van der Waals surface area (Å²) in [6, 6.07) is 12.4. The lowest BCUT2D eigenvalue weighted by atomic mass is 10.1. The maximum atomic E-state index is 12.4. The summed E-state index contributed by atoms with van der Waals surface area (Å²) < 4.78 is 10.3. The molecule has 0 saturated carbocycles. The van der Waals surface area contributed by atoms with Crippen LogP contribution < -0.4 is 10.1 Å². The molecule has 5 nitrogen and oxygen atoms in total. The molecule has 0 radical (unpaired) electrons. The monoisotopic (exact) mass is 341 g/mol. The minimum Gasteiger partial charge on any atom is -0.497 e. The Labute approximate surface area is 148 Å². The number of amides is 1. The second kappa shape index (κ2) is 8.33. The second-order valence-corrected chi connectivity index (χ2v) is 5.73. The maximum absolute atomic E-state index is 12.4. The Bertz CT molecular complexity index is 753. The number of esters is 1. The van der Waals surface area contributed by atoms with Gasteiger partial charge in [-0.1, -0.05) is 25.1 Å². The van der Waals surface area contributed by atoms with Crippen molar-refractivity contribution in [2.24, 2.45) is 0 Å². The number of nitrogens with one attached hydrogen (secondary N) is 1. The van der Waals surface area contributed by atoms with Gasteiger partial charge < -0.3 is 14.8 Å². The third-order valence-electron chi connectivity index (χ3n) is 3.97. The van der Waals surface area contributed by atoms with Crippen LogP contribution in [0, 0.1) is 6.92 Å². The van der Waals surface area contributed by atoms with E-state index < -0.39 is 12.1 Å². The summed E-state index contributed by atoms with van der Waals surface area (Å²) in [5, 5.41) is 2.87. The lowest BCUT2D eigenvalue weighted by Crippen LogP contribution is -2.30. The number of anilines is 1. The van der Waals surface area contributed by atoms with E-state index in [-0.39, 0.29) is 5.91 Å². The smallest absolute Gasteiger partial charge is 0.338 e. The molecule has 25 heavy (non-hydrogen) atoms. The summed E-state index contributed by atoms with van der Waals surface area (Å²) >= 11 is 0. The van der Waals surface area contributed by atoms with Gasteiger partial charge in [0.2, 0.25) is 0 Å². The minimum atomic E-state index is -0.904. The highest BCUT2D eigenvalue weighted by atomic mass is 16.5. The first-order valence-electron chi connectivity index (χ1n) is 8.20. The molecule has 0 aliphatic heterocycles. The normalized spacial score (nSPS) is 11.5. The fourth-order valence-electron chi connectivity index (χ4n) is 2.44. The summed E-state index contributed by atoms with van der Waals surface area (Å²) in [4.78, 5) is 24.6. The fraction of sp³-hybridized carbons (Fsp3) is 0.300. The van der Waals surface area contributed by atoms with Crippen LogP contribution in [0.15, 0.2) is 42.5 Å². The quantitative estimate of drug-likeness (QED) is 0.813. The SMILES string of the molecule is CCc1cccc(C)c1NC(=O)[C@@H](C)OC(=O)c1ccc(OC)cc1. The van der Waals surface area contributed by atoms with Gasteiger partial charge in [-0.2, -0.15) is 0 Å². The second-order valence-electron chi connectivity index (χ2n) is 5.73. The van der Waals surface area contributed by atoms with Crippen LogP contribution in [0.4, 0.5) is 5.69 Å². The van der Waals surface area contributed by atoms with Crippen molar-refractivity contribution in [1.29, 1.82) is 0 Å². The van der Waals surface area contributed by atoms with E-state index in [0.717, 1.165) is 23.2 Å². The molecule has 1 N–H and O–H groups in total. The zero-order valence-corrected chi connectivity index (χ0v) is 15.0. The summed E-state index contributed by atoms with van der Waals surface area (Å²) in [5.74, 6) is -0.259. The highest BCUT2D eigenvalue weighted by Gasteiger charge is 2.20. The molecule has 2 aromatic carbocycles. The van der Waals surface area contributed by atoms with Crippen molar-refractivity contribution < 1.29 is 19.1 Å². The molecule has 1 atom stereocenters. The minimum absolute atomic E-state index is 0.356. The summed E-state index contributed by atoms with van der Waals surface area (Å²) in [6.07, 6.45) is -0.101. The first-order valence-corrected chi connectivity index (χ1v) is 8.20. The molecule has 0 unspecified atom stereocenters. The van der Waals surface area contributed by atoms with E-state index in [1.807, 2.05) is 32.0 Å². The van der Waals surface area contributed by atoms with Crippen LogP contribution in [0.3, 0.4) is 0 Å². The molecule has 1 amide bonds. The molecule has 0 bridgehead atoms. The van der Waals surface area contributed by atoms with E-state index in [1.54, 1.807) is 38.3 Å². The standard InChI is InChI=1S/C20H23NO4/c1-5-15-8-6-7-13(2)18(15)21-19(22)14(3)25-20(23)16-9-11-17(24-4)12-10-16/h6-12,14H,5H2,1-4H3,(H,21,22)/t14-/m1/s1. The van der Waals surface area contributed by atoms with Gasteiger partial charge in [-0.25, -0.2) is 4.79 Å². The Kier molecular flexibility index (Phi) is 6.17. The lowest BCUT2D eigenvalue weighted by molar-refractivity contribution is -0.123. The van der Waals surface area contributed by atoms with E-state index in [1.165, 1.54) is 0 Å². The number of carbonyl (C=O) groups is 2. The molecule has 0 spiro atoms. The molecule has 0 aromatic heterocycles. The van der Waals surface area contributed by atoms with Crippen LogP contribution in [0.2, 0.25) is 0 Å². The summed E-state index contributed by atoms with van der Waals surface area (Å²) in [7, 11) is 1.55. The van der Waals surface area contributed by atoms with Gasteiger partial charge in [0, 0.05) is 5.69 Å². The average molecular weight is 341 g/mol. The van der Waals surface area contributed by atoms with Crippen molar-refractivity contribution in [3.63, 3.8) is 0 Å². The molecule has 0 fully saturated rings.